The van der Waals surface area contributed by atoms with Gasteiger partial charge in [0.05, 0.1) is 32.1 Å². The fourth-order valence-corrected chi connectivity index (χ4v) is 3.38. The van der Waals surface area contributed by atoms with Crippen molar-refractivity contribution in [2.75, 3.05) is 21.3 Å². The van der Waals surface area contributed by atoms with E-state index in [0.717, 1.165) is 6.07 Å². The van der Waals surface area contributed by atoms with Crippen molar-refractivity contribution in [3.05, 3.63) is 33.0 Å². The lowest BCUT2D eigenvalue weighted by Crippen LogP contribution is -2.11. The summed E-state index contributed by atoms with van der Waals surface area (Å²) in [7, 11) is -1.14. The molecule has 0 unspecified atom stereocenters. The van der Waals surface area contributed by atoms with Gasteiger partial charge in [-0.3, -0.25) is 4.55 Å². The summed E-state index contributed by atoms with van der Waals surface area (Å²) in [5.41, 5.74) is -2.04. The molecule has 0 fully saturated rings. The predicted molar refractivity (Wildman–Crippen MR) is 100 cm³/mol. The third-order valence-corrected chi connectivity index (χ3v) is 4.56. The second-order valence-corrected chi connectivity index (χ2v) is 6.87. The van der Waals surface area contributed by atoms with E-state index in [1.807, 2.05) is 0 Å². The Morgan fingerprint density at radius 1 is 0.800 bits per heavy atom. The molecule has 2 aromatic carbocycles. The van der Waals surface area contributed by atoms with Crippen LogP contribution in [0, 0.1) is 0 Å². The van der Waals surface area contributed by atoms with Gasteiger partial charge >= 0.3 is 21.7 Å². The van der Waals surface area contributed by atoms with Crippen molar-refractivity contribution in [1.82, 2.24) is 0 Å². The van der Waals surface area contributed by atoms with E-state index >= 15 is 0 Å². The maximum absolute atomic E-state index is 12.7. The molecule has 0 radical (unpaired) electrons. The number of hydrogen-bond donors (Lipinski definition) is 1. The van der Waals surface area contributed by atoms with Crippen LogP contribution in [0.15, 0.2) is 30.6 Å². The van der Waals surface area contributed by atoms with E-state index in [0.29, 0.717) is 0 Å². The van der Waals surface area contributed by atoms with Crippen molar-refractivity contribution in [3.8, 4) is 23.0 Å². The molecule has 30 heavy (non-hydrogen) atoms. The van der Waals surface area contributed by atoms with Crippen LogP contribution in [0.3, 0.4) is 0 Å². The average molecular weight is 440 g/mol. The van der Waals surface area contributed by atoms with E-state index in [9.17, 15) is 18.0 Å². The molecular weight excluding hydrogens is 428 g/mol. The van der Waals surface area contributed by atoms with Gasteiger partial charge in [0.2, 0.25) is 17.2 Å². The van der Waals surface area contributed by atoms with Crippen LogP contribution in [0.5, 0.6) is 23.0 Å². The van der Waals surface area contributed by atoms with E-state index in [4.69, 9.17) is 27.6 Å². The highest BCUT2D eigenvalue weighted by Gasteiger charge is 2.28. The van der Waals surface area contributed by atoms with Crippen LogP contribution in [0.4, 0.5) is 0 Å². The minimum absolute atomic E-state index is 0.0359. The van der Waals surface area contributed by atoms with Gasteiger partial charge in [-0.1, -0.05) is 0 Å². The molecule has 2 aromatic heterocycles. The molecule has 0 amide bonds. The average Bonchev–Trinajstić information content (AvgIpc) is 2.69. The van der Waals surface area contributed by atoms with Crippen molar-refractivity contribution < 1.29 is 45.2 Å². The standard InChI is InChI=1S/C17H12O12S/c1-23-8-4-6-10-11-7(17(19)26-14(10)12(8)24-2)5-9(28-29-30(20,21)22)13(25-3)15(11)27-16(6)18/h4-5H,1-3H3,(H,20,21,22). The highest BCUT2D eigenvalue weighted by molar-refractivity contribution is 7.80. The third kappa shape index (κ3) is 2.87. The van der Waals surface area contributed by atoms with Gasteiger partial charge in [-0.05, 0) is 10.4 Å². The summed E-state index contributed by atoms with van der Waals surface area (Å²) in [6.07, 6.45) is 0. The zero-order valence-electron chi connectivity index (χ0n) is 15.5. The molecule has 0 saturated carbocycles. The molecule has 13 heteroatoms. The summed E-state index contributed by atoms with van der Waals surface area (Å²) < 4.78 is 60.6. The second kappa shape index (κ2) is 6.76. The number of methoxy groups -OCH3 is 3. The van der Waals surface area contributed by atoms with Gasteiger partial charge in [-0.25, -0.2) is 9.59 Å². The molecule has 1 N–H and O–H groups in total. The van der Waals surface area contributed by atoms with E-state index in [1.54, 1.807) is 0 Å². The number of rotatable bonds is 6. The summed E-state index contributed by atoms with van der Waals surface area (Å²) in [4.78, 5) is 29.9. The molecule has 4 rings (SSSR count). The molecular formula is C17H12O12S. The summed E-state index contributed by atoms with van der Waals surface area (Å²) in [5, 5.41) is 0.212. The first-order valence-corrected chi connectivity index (χ1v) is 9.39. The van der Waals surface area contributed by atoms with Gasteiger partial charge < -0.3 is 27.9 Å². The van der Waals surface area contributed by atoms with Gasteiger partial charge in [0.15, 0.2) is 16.9 Å². The summed E-state index contributed by atoms with van der Waals surface area (Å²) in [6, 6.07) is 2.41. The molecule has 0 spiro atoms. The van der Waals surface area contributed by atoms with Crippen LogP contribution in [-0.2, 0) is 14.7 Å². The summed E-state index contributed by atoms with van der Waals surface area (Å²) in [5.74, 6) is -0.533. The van der Waals surface area contributed by atoms with E-state index < -0.39 is 27.4 Å². The highest BCUT2D eigenvalue weighted by atomic mass is 32.3. The molecule has 0 saturated heterocycles. The van der Waals surface area contributed by atoms with Crippen molar-refractivity contribution >= 4 is 43.1 Å². The van der Waals surface area contributed by atoms with Gasteiger partial charge in [0.25, 0.3) is 0 Å². The molecule has 158 valence electrons. The minimum atomic E-state index is -5.00. The Bertz CT molecular complexity index is 1510. The first kappa shape index (κ1) is 19.8. The number of ether oxygens (including phenoxy) is 3. The lowest BCUT2D eigenvalue weighted by molar-refractivity contribution is -0.104. The quantitative estimate of drug-likeness (QED) is 0.152. The van der Waals surface area contributed by atoms with Crippen LogP contribution in [0.1, 0.15) is 0 Å². The molecule has 0 aliphatic carbocycles. The monoisotopic (exact) mass is 440 g/mol. The van der Waals surface area contributed by atoms with E-state index in [1.165, 1.54) is 27.4 Å². The van der Waals surface area contributed by atoms with E-state index in [-0.39, 0.29) is 50.0 Å². The molecule has 2 heterocycles. The molecule has 4 aromatic rings. The Balaban J connectivity index is 2.22. The molecule has 0 atom stereocenters. The first-order chi connectivity index (χ1) is 14.2. The Kier molecular flexibility index (Phi) is 4.45. The maximum atomic E-state index is 12.7. The van der Waals surface area contributed by atoms with Crippen LogP contribution >= 0.6 is 0 Å². The molecule has 0 aliphatic rings. The van der Waals surface area contributed by atoms with Gasteiger partial charge in [0, 0.05) is 16.8 Å². The van der Waals surface area contributed by atoms with E-state index in [2.05, 4.69) is 9.22 Å². The Labute approximate surface area is 166 Å². The SMILES string of the molecule is COc1cc2c(=O)oc3c(OC)c(OOS(=O)(=O)O)cc4c(=O)oc(c1OC)c2c34. The Morgan fingerprint density at radius 2 is 1.27 bits per heavy atom. The normalized spacial score (nSPS) is 12.0. The molecule has 12 nitrogen and oxygen atoms in total. The van der Waals surface area contributed by atoms with Crippen molar-refractivity contribution in [2.45, 2.75) is 0 Å². The van der Waals surface area contributed by atoms with Crippen LogP contribution < -0.4 is 30.3 Å². The van der Waals surface area contributed by atoms with Crippen molar-refractivity contribution in [2.24, 2.45) is 0 Å². The van der Waals surface area contributed by atoms with Crippen LogP contribution in [0.25, 0.3) is 32.7 Å². The predicted octanol–water partition coefficient (Wildman–Crippen LogP) is 1.63. The highest BCUT2D eigenvalue weighted by Crippen LogP contribution is 2.45. The first-order valence-electron chi connectivity index (χ1n) is 8.02. The largest absolute Gasteiger partial charge is 0.493 e. The van der Waals surface area contributed by atoms with Crippen molar-refractivity contribution in [1.29, 1.82) is 0 Å². The van der Waals surface area contributed by atoms with Crippen molar-refractivity contribution in [3.63, 3.8) is 0 Å². The zero-order chi connectivity index (χ0) is 21.8. The third-order valence-electron chi connectivity index (χ3n) is 4.32. The fourth-order valence-electron chi connectivity index (χ4n) is 3.22. The second-order valence-electron chi connectivity index (χ2n) is 5.88. The minimum Gasteiger partial charge on any atom is -0.493 e. The molecule has 0 aliphatic heterocycles. The maximum Gasteiger partial charge on any atom is 0.432 e. The lowest BCUT2D eigenvalue weighted by Gasteiger charge is -2.15. The number of hydrogen-bond acceptors (Lipinski definition) is 11. The summed E-state index contributed by atoms with van der Waals surface area (Å²) >= 11 is 0. The van der Waals surface area contributed by atoms with Gasteiger partial charge in [-0.2, -0.15) is 8.42 Å². The molecule has 0 bridgehead atoms. The Morgan fingerprint density at radius 3 is 1.70 bits per heavy atom. The Hall–Kier alpha value is -3.55. The topological polar surface area (TPSA) is 161 Å². The van der Waals surface area contributed by atoms with Gasteiger partial charge in [0.1, 0.15) is 0 Å². The number of benzene rings is 2. The van der Waals surface area contributed by atoms with Gasteiger partial charge in [-0.15, -0.1) is 0 Å². The summed E-state index contributed by atoms with van der Waals surface area (Å²) in [6.45, 7) is 0. The fraction of sp³-hybridized carbons (Fsp3) is 0.176. The van der Waals surface area contributed by atoms with Crippen LogP contribution in [-0.4, -0.2) is 34.3 Å². The lowest BCUT2D eigenvalue weighted by atomic mass is 10.0. The zero-order valence-corrected chi connectivity index (χ0v) is 16.3. The smallest absolute Gasteiger partial charge is 0.432 e. The van der Waals surface area contributed by atoms with Crippen LogP contribution in [0.2, 0.25) is 0 Å².